The molecule has 2 N–H and O–H groups in total. The number of aryl methyl sites for hydroxylation is 2. The number of carbonyl (C=O) groups is 1. The van der Waals surface area contributed by atoms with Crippen LogP contribution < -0.4 is 5.32 Å². The number of hydrogen-bond acceptors (Lipinski definition) is 4. The number of anilines is 1. The van der Waals surface area contributed by atoms with Crippen LogP contribution in [0.2, 0.25) is 0 Å². The molecule has 106 valence electrons. The first-order valence-electron chi connectivity index (χ1n) is 6.52. The zero-order chi connectivity index (χ0) is 14.5. The highest BCUT2D eigenvalue weighted by molar-refractivity contribution is 7.15. The fourth-order valence-corrected chi connectivity index (χ4v) is 2.70. The normalized spacial score (nSPS) is 10.5. The summed E-state index contributed by atoms with van der Waals surface area (Å²) >= 11 is 1.67. The minimum atomic E-state index is -0.797. The van der Waals surface area contributed by atoms with E-state index in [9.17, 15) is 4.79 Å². The molecule has 0 saturated heterocycles. The summed E-state index contributed by atoms with van der Waals surface area (Å²) in [7, 11) is 0. The van der Waals surface area contributed by atoms with Crippen LogP contribution in [0.4, 0.5) is 5.13 Å². The van der Waals surface area contributed by atoms with Gasteiger partial charge in [-0.3, -0.25) is 4.79 Å². The molecule has 0 atom stereocenters. The molecule has 0 aliphatic carbocycles. The molecule has 0 aliphatic rings. The predicted molar refractivity (Wildman–Crippen MR) is 81.6 cm³/mol. The first-order chi connectivity index (χ1) is 9.54. The van der Waals surface area contributed by atoms with Gasteiger partial charge >= 0.3 is 5.97 Å². The molecule has 5 heteroatoms. The third-order valence-corrected chi connectivity index (χ3v) is 4.13. The molecular weight excluding hydrogens is 272 g/mol. The Hall–Kier alpha value is -1.88. The van der Waals surface area contributed by atoms with Crippen LogP contribution in [0.1, 0.15) is 21.7 Å². The molecule has 0 aliphatic heterocycles. The van der Waals surface area contributed by atoms with Crippen molar-refractivity contribution in [1.29, 1.82) is 0 Å². The van der Waals surface area contributed by atoms with Crippen LogP contribution in [-0.2, 0) is 17.6 Å². The number of aromatic nitrogens is 1. The van der Waals surface area contributed by atoms with E-state index in [1.807, 2.05) is 31.2 Å². The van der Waals surface area contributed by atoms with Crippen molar-refractivity contribution in [2.24, 2.45) is 0 Å². The first-order valence-corrected chi connectivity index (χ1v) is 7.34. The van der Waals surface area contributed by atoms with Gasteiger partial charge in [0.25, 0.3) is 0 Å². The zero-order valence-corrected chi connectivity index (χ0v) is 12.5. The molecule has 1 aromatic carbocycles. The maximum Gasteiger partial charge on any atom is 0.307 e. The molecular formula is C15H18N2O2S. The fourth-order valence-electron chi connectivity index (χ4n) is 1.86. The lowest BCUT2D eigenvalue weighted by Crippen LogP contribution is -2.05. The lowest BCUT2D eigenvalue weighted by atomic mass is 10.1. The number of nitrogens with one attached hydrogen (secondary N) is 1. The number of hydrogen-bond donors (Lipinski definition) is 2. The highest BCUT2D eigenvalue weighted by Crippen LogP contribution is 2.20. The van der Waals surface area contributed by atoms with Crippen molar-refractivity contribution in [3.63, 3.8) is 0 Å². The van der Waals surface area contributed by atoms with E-state index in [2.05, 4.69) is 17.2 Å². The van der Waals surface area contributed by atoms with E-state index in [0.717, 1.165) is 29.4 Å². The Kier molecular flexibility index (Phi) is 4.74. The zero-order valence-electron chi connectivity index (χ0n) is 11.6. The molecule has 0 spiro atoms. The Morgan fingerprint density at radius 2 is 1.90 bits per heavy atom. The third-order valence-electron chi connectivity index (χ3n) is 3.10. The van der Waals surface area contributed by atoms with Crippen LogP contribution in [-0.4, -0.2) is 22.6 Å². The number of thiazole rings is 1. The van der Waals surface area contributed by atoms with E-state index in [0.29, 0.717) is 0 Å². The van der Waals surface area contributed by atoms with Gasteiger partial charge in [-0.1, -0.05) is 24.3 Å². The second-order valence-electron chi connectivity index (χ2n) is 4.72. The Bertz CT molecular complexity index is 571. The van der Waals surface area contributed by atoms with Crippen molar-refractivity contribution in [2.75, 3.05) is 11.9 Å². The molecule has 20 heavy (non-hydrogen) atoms. The SMILES string of the molecule is Cc1nc(NCCc2ccc(CC(=O)O)cc2)sc1C. The highest BCUT2D eigenvalue weighted by Gasteiger charge is 2.03. The summed E-state index contributed by atoms with van der Waals surface area (Å²) in [6, 6.07) is 7.72. The van der Waals surface area contributed by atoms with Crippen molar-refractivity contribution >= 4 is 22.4 Å². The van der Waals surface area contributed by atoms with Crippen LogP contribution >= 0.6 is 11.3 Å². The molecule has 0 radical (unpaired) electrons. The van der Waals surface area contributed by atoms with Gasteiger partial charge < -0.3 is 10.4 Å². The molecule has 0 saturated carbocycles. The molecule has 1 aromatic heterocycles. The Morgan fingerprint density at radius 1 is 1.25 bits per heavy atom. The van der Waals surface area contributed by atoms with Gasteiger partial charge in [0.1, 0.15) is 0 Å². The fraction of sp³-hybridized carbons (Fsp3) is 0.333. The number of benzene rings is 1. The number of nitrogens with zero attached hydrogens (tertiary/aromatic N) is 1. The summed E-state index contributed by atoms with van der Waals surface area (Å²) in [6.45, 7) is 4.90. The first kappa shape index (κ1) is 14.5. The summed E-state index contributed by atoms with van der Waals surface area (Å²) < 4.78 is 0. The number of carboxylic acids is 1. The van der Waals surface area contributed by atoms with E-state index in [-0.39, 0.29) is 6.42 Å². The van der Waals surface area contributed by atoms with Gasteiger partial charge in [0.2, 0.25) is 0 Å². The van der Waals surface area contributed by atoms with Crippen LogP contribution in [0.15, 0.2) is 24.3 Å². The highest BCUT2D eigenvalue weighted by atomic mass is 32.1. The van der Waals surface area contributed by atoms with Crippen LogP contribution in [0.5, 0.6) is 0 Å². The Morgan fingerprint density at radius 3 is 2.45 bits per heavy atom. The van der Waals surface area contributed by atoms with E-state index in [4.69, 9.17) is 5.11 Å². The minimum absolute atomic E-state index is 0.0796. The van der Waals surface area contributed by atoms with E-state index in [1.54, 1.807) is 11.3 Å². The van der Waals surface area contributed by atoms with Crippen molar-refractivity contribution < 1.29 is 9.90 Å². The molecule has 1 heterocycles. The lowest BCUT2D eigenvalue weighted by Gasteiger charge is -2.04. The average molecular weight is 290 g/mol. The maximum atomic E-state index is 10.6. The second-order valence-corrected chi connectivity index (χ2v) is 5.93. The van der Waals surface area contributed by atoms with Gasteiger partial charge in [-0.05, 0) is 31.4 Å². The second kappa shape index (κ2) is 6.52. The van der Waals surface area contributed by atoms with Gasteiger partial charge in [-0.2, -0.15) is 0 Å². The lowest BCUT2D eigenvalue weighted by molar-refractivity contribution is -0.136. The Labute approximate surface area is 122 Å². The average Bonchev–Trinajstić information content (AvgIpc) is 2.70. The van der Waals surface area contributed by atoms with Gasteiger partial charge in [-0.15, -0.1) is 11.3 Å². The minimum Gasteiger partial charge on any atom is -0.481 e. The van der Waals surface area contributed by atoms with E-state index >= 15 is 0 Å². The molecule has 0 unspecified atom stereocenters. The quantitative estimate of drug-likeness (QED) is 0.858. The number of aliphatic carboxylic acids is 1. The van der Waals surface area contributed by atoms with Gasteiger partial charge in [-0.25, -0.2) is 4.98 Å². The summed E-state index contributed by atoms with van der Waals surface area (Å²) in [6.07, 6.45) is 0.973. The topological polar surface area (TPSA) is 62.2 Å². The van der Waals surface area contributed by atoms with Crippen molar-refractivity contribution in [1.82, 2.24) is 4.98 Å². The number of carboxylic acid groups (broad SMARTS) is 1. The standard InChI is InChI=1S/C15H18N2O2S/c1-10-11(2)20-15(17-10)16-8-7-12-3-5-13(6-4-12)9-14(18)19/h3-6H,7-9H2,1-2H3,(H,16,17)(H,18,19). The third kappa shape index (κ3) is 4.06. The molecule has 0 bridgehead atoms. The van der Waals surface area contributed by atoms with E-state index < -0.39 is 5.97 Å². The monoisotopic (exact) mass is 290 g/mol. The summed E-state index contributed by atoms with van der Waals surface area (Å²) in [4.78, 5) is 16.3. The smallest absolute Gasteiger partial charge is 0.307 e. The van der Waals surface area contributed by atoms with Crippen LogP contribution in [0.3, 0.4) is 0 Å². The number of rotatable bonds is 6. The van der Waals surface area contributed by atoms with Crippen molar-refractivity contribution in [3.8, 4) is 0 Å². The molecule has 2 aromatic rings. The van der Waals surface area contributed by atoms with Crippen molar-refractivity contribution in [2.45, 2.75) is 26.7 Å². The van der Waals surface area contributed by atoms with E-state index in [1.165, 1.54) is 10.4 Å². The van der Waals surface area contributed by atoms with Gasteiger partial charge in [0, 0.05) is 11.4 Å². The molecule has 4 nitrogen and oxygen atoms in total. The molecule has 2 rings (SSSR count). The predicted octanol–water partition coefficient (Wildman–Crippen LogP) is 3.04. The van der Waals surface area contributed by atoms with Gasteiger partial charge in [0.15, 0.2) is 5.13 Å². The van der Waals surface area contributed by atoms with Crippen LogP contribution in [0, 0.1) is 13.8 Å². The molecule has 0 fully saturated rings. The Balaban J connectivity index is 1.83. The summed E-state index contributed by atoms with van der Waals surface area (Å²) in [5.41, 5.74) is 3.10. The van der Waals surface area contributed by atoms with Crippen molar-refractivity contribution in [3.05, 3.63) is 46.0 Å². The molecule has 0 amide bonds. The largest absolute Gasteiger partial charge is 0.481 e. The maximum absolute atomic E-state index is 10.6. The van der Waals surface area contributed by atoms with Gasteiger partial charge in [0.05, 0.1) is 12.1 Å². The van der Waals surface area contributed by atoms with Crippen LogP contribution in [0.25, 0.3) is 0 Å². The summed E-state index contributed by atoms with van der Waals surface area (Å²) in [5, 5.41) is 13.0. The summed E-state index contributed by atoms with van der Waals surface area (Å²) in [5.74, 6) is -0.797.